The zero-order chi connectivity index (χ0) is 31.8. The Balaban J connectivity index is 1.36. The molecule has 0 aliphatic rings. The smallest absolute Gasteiger partial charge is 0.0547 e. The largest absolute Gasteiger partial charge is 0.309 e. The van der Waals surface area contributed by atoms with E-state index in [1.54, 1.807) is 0 Å². The molecule has 2 nitrogen and oxygen atoms in total. The molecule has 0 aliphatic carbocycles. The van der Waals surface area contributed by atoms with Crippen LogP contribution in [-0.4, -0.2) is 9.13 Å². The molecule has 2 heterocycles. The van der Waals surface area contributed by atoms with Gasteiger partial charge in [-0.2, -0.15) is 0 Å². The molecule has 0 aliphatic heterocycles. The predicted octanol–water partition coefficient (Wildman–Crippen LogP) is 12.1. The molecule has 46 heavy (non-hydrogen) atoms. The number of para-hydroxylation sites is 2. The van der Waals surface area contributed by atoms with Crippen molar-refractivity contribution in [2.75, 3.05) is 0 Å². The van der Waals surface area contributed by atoms with Gasteiger partial charge in [-0.3, -0.25) is 0 Å². The predicted molar refractivity (Wildman–Crippen MR) is 198 cm³/mol. The third-order valence-corrected chi connectivity index (χ3v) is 9.65. The van der Waals surface area contributed by atoms with Gasteiger partial charge in [0.2, 0.25) is 0 Å². The highest BCUT2D eigenvalue weighted by Gasteiger charge is 2.20. The van der Waals surface area contributed by atoms with Crippen molar-refractivity contribution in [2.45, 2.75) is 52.4 Å². The van der Waals surface area contributed by atoms with Crippen molar-refractivity contribution in [1.82, 2.24) is 9.13 Å². The van der Waals surface area contributed by atoms with Crippen molar-refractivity contribution in [2.24, 2.45) is 0 Å². The number of hydrogen-bond donors (Lipinski definition) is 0. The standard InChI is InChI=1S/C44H40N2/c1-43(2,3)31-18-21-34(22-19-31)45-39-15-11-10-14-35(39)36-23-16-29(26-40(36)45)30-17-24-37-38-25-20-32(44(4,5)6)28-42(38)46(41(37)27-30)33-12-8-7-9-13-33/h7-28H,1-6H3. The summed E-state index contributed by atoms with van der Waals surface area (Å²) in [6.07, 6.45) is 0. The quantitative estimate of drug-likeness (QED) is 0.192. The molecule has 0 amide bonds. The van der Waals surface area contributed by atoms with Crippen LogP contribution in [0.1, 0.15) is 52.7 Å². The Hall–Kier alpha value is -5.08. The number of hydrogen-bond acceptors (Lipinski definition) is 0. The van der Waals surface area contributed by atoms with Crippen LogP contribution >= 0.6 is 0 Å². The van der Waals surface area contributed by atoms with Gasteiger partial charge in [0.05, 0.1) is 22.1 Å². The molecule has 0 saturated heterocycles. The first-order valence-electron chi connectivity index (χ1n) is 16.4. The van der Waals surface area contributed by atoms with Gasteiger partial charge >= 0.3 is 0 Å². The molecule has 0 N–H and O–H groups in total. The highest BCUT2D eigenvalue weighted by Crippen LogP contribution is 2.39. The first-order valence-corrected chi connectivity index (χ1v) is 16.4. The van der Waals surface area contributed by atoms with Gasteiger partial charge in [0.15, 0.2) is 0 Å². The fourth-order valence-electron chi connectivity index (χ4n) is 7.06. The van der Waals surface area contributed by atoms with E-state index in [4.69, 9.17) is 0 Å². The summed E-state index contributed by atoms with van der Waals surface area (Å²) < 4.78 is 4.86. The van der Waals surface area contributed by atoms with Gasteiger partial charge in [0.25, 0.3) is 0 Å². The third kappa shape index (κ3) is 4.55. The maximum absolute atomic E-state index is 2.44. The SMILES string of the molecule is CC(C)(C)c1ccc(-n2c3ccccc3c3ccc(-c4ccc5c6ccc(C(C)(C)C)cc6n(-c6ccccc6)c5c4)cc32)cc1. The van der Waals surface area contributed by atoms with Crippen molar-refractivity contribution < 1.29 is 0 Å². The summed E-state index contributed by atoms with van der Waals surface area (Å²) in [5.74, 6) is 0. The summed E-state index contributed by atoms with van der Waals surface area (Å²) in [5.41, 5.74) is 12.6. The maximum Gasteiger partial charge on any atom is 0.0547 e. The normalized spacial score (nSPS) is 12.6. The molecule has 226 valence electrons. The minimum Gasteiger partial charge on any atom is -0.309 e. The molecule has 2 heteroatoms. The Kier molecular flexibility index (Phi) is 6.31. The van der Waals surface area contributed by atoms with E-state index in [1.807, 2.05) is 0 Å². The van der Waals surface area contributed by atoms with Gasteiger partial charge in [-0.15, -0.1) is 0 Å². The molecule has 0 saturated carbocycles. The lowest BCUT2D eigenvalue weighted by atomic mass is 9.86. The van der Waals surface area contributed by atoms with Crippen molar-refractivity contribution in [3.8, 4) is 22.5 Å². The lowest BCUT2D eigenvalue weighted by molar-refractivity contribution is 0.590. The Morgan fingerprint density at radius 2 is 0.783 bits per heavy atom. The molecule has 6 aromatic carbocycles. The van der Waals surface area contributed by atoms with Gasteiger partial charge in [0.1, 0.15) is 0 Å². The monoisotopic (exact) mass is 596 g/mol. The van der Waals surface area contributed by atoms with E-state index in [-0.39, 0.29) is 10.8 Å². The summed E-state index contributed by atoms with van der Waals surface area (Å²) in [6.45, 7) is 13.7. The van der Waals surface area contributed by atoms with E-state index in [2.05, 4.69) is 184 Å². The van der Waals surface area contributed by atoms with Crippen LogP contribution in [0, 0.1) is 0 Å². The minimum atomic E-state index is 0.0677. The molecular weight excluding hydrogens is 556 g/mol. The van der Waals surface area contributed by atoms with Crippen LogP contribution in [-0.2, 0) is 10.8 Å². The summed E-state index contributed by atoms with van der Waals surface area (Å²) >= 11 is 0. The lowest BCUT2D eigenvalue weighted by Gasteiger charge is -2.19. The number of rotatable bonds is 3. The number of benzene rings is 6. The molecule has 0 atom stereocenters. The topological polar surface area (TPSA) is 9.86 Å². The first kappa shape index (κ1) is 28.4. The second kappa shape index (κ2) is 10.2. The van der Waals surface area contributed by atoms with Crippen LogP contribution in [0.5, 0.6) is 0 Å². The number of fused-ring (bicyclic) bond motifs is 6. The van der Waals surface area contributed by atoms with Crippen molar-refractivity contribution in [3.63, 3.8) is 0 Å². The number of aromatic nitrogens is 2. The molecule has 0 spiro atoms. The summed E-state index contributed by atoms with van der Waals surface area (Å²) in [6, 6.07) is 49.6. The Morgan fingerprint density at radius 1 is 0.348 bits per heavy atom. The Morgan fingerprint density at radius 3 is 1.37 bits per heavy atom. The van der Waals surface area contributed by atoms with E-state index in [0.717, 1.165) is 0 Å². The summed E-state index contributed by atoms with van der Waals surface area (Å²) in [7, 11) is 0. The zero-order valence-electron chi connectivity index (χ0n) is 27.6. The second-order valence-electron chi connectivity index (χ2n) is 14.8. The molecule has 0 fully saturated rings. The van der Waals surface area contributed by atoms with E-state index in [1.165, 1.54) is 77.2 Å². The third-order valence-electron chi connectivity index (χ3n) is 9.65. The molecule has 0 unspecified atom stereocenters. The van der Waals surface area contributed by atoms with Gasteiger partial charge in [-0.05, 0) is 81.6 Å². The lowest BCUT2D eigenvalue weighted by Crippen LogP contribution is -2.10. The minimum absolute atomic E-state index is 0.0677. The van der Waals surface area contributed by atoms with E-state index in [0.29, 0.717) is 0 Å². The van der Waals surface area contributed by atoms with Crippen LogP contribution in [0.15, 0.2) is 133 Å². The van der Waals surface area contributed by atoms with Gasteiger partial charge in [-0.1, -0.05) is 126 Å². The van der Waals surface area contributed by atoms with Gasteiger partial charge in [0, 0.05) is 32.9 Å². The summed E-state index contributed by atoms with van der Waals surface area (Å²) in [5, 5.41) is 5.11. The van der Waals surface area contributed by atoms with Crippen LogP contribution < -0.4 is 0 Å². The molecule has 8 aromatic rings. The van der Waals surface area contributed by atoms with E-state index < -0.39 is 0 Å². The van der Waals surface area contributed by atoms with Crippen LogP contribution in [0.4, 0.5) is 0 Å². The molecule has 2 aromatic heterocycles. The van der Waals surface area contributed by atoms with Crippen molar-refractivity contribution in [3.05, 3.63) is 145 Å². The van der Waals surface area contributed by atoms with Gasteiger partial charge in [-0.25, -0.2) is 0 Å². The fourth-order valence-corrected chi connectivity index (χ4v) is 7.06. The summed E-state index contributed by atoms with van der Waals surface area (Å²) in [4.78, 5) is 0. The average Bonchev–Trinajstić information content (AvgIpc) is 3.56. The fraction of sp³-hybridized carbons (Fsp3) is 0.182. The van der Waals surface area contributed by atoms with Crippen LogP contribution in [0.2, 0.25) is 0 Å². The van der Waals surface area contributed by atoms with E-state index >= 15 is 0 Å². The maximum atomic E-state index is 2.44. The van der Waals surface area contributed by atoms with Crippen molar-refractivity contribution >= 4 is 43.6 Å². The molecule has 0 bridgehead atoms. The van der Waals surface area contributed by atoms with Crippen molar-refractivity contribution in [1.29, 1.82) is 0 Å². The Bertz CT molecular complexity index is 2400. The van der Waals surface area contributed by atoms with Crippen LogP contribution in [0.3, 0.4) is 0 Å². The molecular formula is C44H40N2. The second-order valence-corrected chi connectivity index (χ2v) is 14.8. The average molecular weight is 597 g/mol. The Labute approximate surface area is 271 Å². The highest BCUT2D eigenvalue weighted by molar-refractivity contribution is 6.12. The van der Waals surface area contributed by atoms with Crippen LogP contribution in [0.25, 0.3) is 66.1 Å². The molecule has 8 rings (SSSR count). The van der Waals surface area contributed by atoms with Gasteiger partial charge < -0.3 is 9.13 Å². The first-order chi connectivity index (χ1) is 22.1. The highest BCUT2D eigenvalue weighted by atomic mass is 15.0. The number of nitrogens with zero attached hydrogens (tertiary/aromatic N) is 2. The zero-order valence-corrected chi connectivity index (χ0v) is 27.6. The molecule has 0 radical (unpaired) electrons. The van der Waals surface area contributed by atoms with E-state index in [9.17, 15) is 0 Å².